The average molecular weight is 423 g/mol. The van der Waals surface area contributed by atoms with Crippen LogP contribution in [0.15, 0.2) is 40.9 Å². The molecule has 1 heterocycles. The number of aliphatic hydroxyl groups is 1. The van der Waals surface area contributed by atoms with Gasteiger partial charge in [0.2, 0.25) is 0 Å². The van der Waals surface area contributed by atoms with Crippen LogP contribution in [0.3, 0.4) is 0 Å². The number of carbonyl (C=O) groups excluding carboxylic acids is 1. The van der Waals surface area contributed by atoms with Crippen LogP contribution in [0, 0.1) is 0 Å². The lowest BCUT2D eigenvalue weighted by atomic mass is 10.1. The van der Waals surface area contributed by atoms with Gasteiger partial charge in [0.15, 0.2) is 11.5 Å². The molecule has 2 aromatic carbocycles. The van der Waals surface area contributed by atoms with Crippen molar-refractivity contribution in [2.75, 3.05) is 32.2 Å². The Morgan fingerprint density at radius 2 is 1.88 bits per heavy atom. The highest BCUT2D eigenvalue weighted by atomic mass is 79.9. The first-order chi connectivity index (χ1) is 12.6. The lowest BCUT2D eigenvalue weighted by molar-refractivity contribution is 0.171. The Kier molecular flexibility index (Phi) is 5.85. The summed E-state index contributed by atoms with van der Waals surface area (Å²) in [5, 5.41) is 15.5. The van der Waals surface area contributed by atoms with Gasteiger partial charge in [-0.1, -0.05) is 12.1 Å². The summed E-state index contributed by atoms with van der Waals surface area (Å²) in [5.41, 5.74) is 1.23. The van der Waals surface area contributed by atoms with Gasteiger partial charge in [0.1, 0.15) is 19.0 Å². The number of urea groups is 1. The number of benzene rings is 2. The standard InChI is InChI=1S/C18H19BrN2O5/c1-24-12-4-2-11(3-5-12)15(22)10-20-18(23)21-14-9-17-16(8-13(14)19)25-6-7-26-17/h2-5,8-9,15,22H,6-7,10H2,1H3,(H2,20,21,23). The zero-order valence-electron chi connectivity index (χ0n) is 14.1. The number of hydrogen-bond acceptors (Lipinski definition) is 5. The van der Waals surface area contributed by atoms with Gasteiger partial charge in [-0.2, -0.15) is 0 Å². The second-order valence-electron chi connectivity index (χ2n) is 5.60. The molecule has 0 saturated carbocycles. The summed E-state index contributed by atoms with van der Waals surface area (Å²) in [6, 6.07) is 10.0. The zero-order chi connectivity index (χ0) is 18.5. The molecule has 1 aliphatic rings. The molecule has 26 heavy (non-hydrogen) atoms. The van der Waals surface area contributed by atoms with Crippen LogP contribution in [-0.4, -0.2) is 38.0 Å². The number of methoxy groups -OCH3 is 1. The third-order valence-corrected chi connectivity index (χ3v) is 4.49. The number of halogens is 1. The number of rotatable bonds is 5. The topological polar surface area (TPSA) is 89.1 Å². The van der Waals surface area contributed by atoms with Gasteiger partial charge in [-0.15, -0.1) is 0 Å². The summed E-state index contributed by atoms with van der Waals surface area (Å²) in [6.07, 6.45) is -0.824. The maximum atomic E-state index is 12.1. The maximum Gasteiger partial charge on any atom is 0.319 e. The zero-order valence-corrected chi connectivity index (χ0v) is 15.7. The Morgan fingerprint density at radius 3 is 2.54 bits per heavy atom. The highest BCUT2D eigenvalue weighted by molar-refractivity contribution is 9.10. The minimum Gasteiger partial charge on any atom is -0.497 e. The van der Waals surface area contributed by atoms with Crippen LogP contribution in [-0.2, 0) is 0 Å². The fourth-order valence-corrected chi connectivity index (χ4v) is 2.88. The molecule has 0 saturated heterocycles. The van der Waals surface area contributed by atoms with Gasteiger partial charge in [-0.3, -0.25) is 0 Å². The van der Waals surface area contributed by atoms with E-state index in [2.05, 4.69) is 26.6 Å². The number of nitrogens with one attached hydrogen (secondary N) is 2. The highest BCUT2D eigenvalue weighted by Gasteiger charge is 2.16. The summed E-state index contributed by atoms with van der Waals surface area (Å²) < 4.78 is 16.7. The molecule has 1 unspecified atom stereocenters. The molecule has 0 radical (unpaired) electrons. The van der Waals surface area contributed by atoms with Crippen molar-refractivity contribution in [3.8, 4) is 17.2 Å². The van der Waals surface area contributed by atoms with E-state index >= 15 is 0 Å². The molecule has 2 aromatic rings. The van der Waals surface area contributed by atoms with Gasteiger partial charge < -0.3 is 30.0 Å². The normalized spacial score (nSPS) is 13.7. The molecule has 7 nitrogen and oxygen atoms in total. The van der Waals surface area contributed by atoms with Crippen molar-refractivity contribution in [1.82, 2.24) is 5.32 Å². The van der Waals surface area contributed by atoms with E-state index in [4.69, 9.17) is 14.2 Å². The van der Waals surface area contributed by atoms with Crippen molar-refractivity contribution in [3.63, 3.8) is 0 Å². The summed E-state index contributed by atoms with van der Waals surface area (Å²) in [7, 11) is 1.58. The van der Waals surface area contributed by atoms with E-state index in [1.165, 1.54) is 0 Å². The molecular formula is C18H19BrN2O5. The van der Waals surface area contributed by atoms with Crippen LogP contribution in [0.1, 0.15) is 11.7 Å². The molecule has 0 aromatic heterocycles. The molecule has 8 heteroatoms. The minimum absolute atomic E-state index is 0.0698. The van der Waals surface area contributed by atoms with Crippen molar-refractivity contribution in [2.24, 2.45) is 0 Å². The molecule has 0 aliphatic carbocycles. The number of ether oxygens (including phenoxy) is 3. The van der Waals surface area contributed by atoms with E-state index in [0.717, 1.165) is 0 Å². The van der Waals surface area contributed by atoms with E-state index in [-0.39, 0.29) is 6.54 Å². The number of carbonyl (C=O) groups is 1. The Labute approximate surface area is 159 Å². The predicted octanol–water partition coefficient (Wildman–Crippen LogP) is 3.08. The fourth-order valence-electron chi connectivity index (χ4n) is 2.46. The smallest absolute Gasteiger partial charge is 0.319 e. The molecule has 1 atom stereocenters. The minimum atomic E-state index is -0.824. The van der Waals surface area contributed by atoms with Gasteiger partial charge in [0.25, 0.3) is 0 Å². The Balaban J connectivity index is 1.57. The number of fused-ring (bicyclic) bond motifs is 1. The van der Waals surface area contributed by atoms with Gasteiger partial charge in [0, 0.05) is 23.2 Å². The summed E-state index contributed by atoms with van der Waals surface area (Å²) in [5.74, 6) is 1.91. The van der Waals surface area contributed by atoms with Crippen LogP contribution < -0.4 is 24.8 Å². The fraction of sp³-hybridized carbons (Fsp3) is 0.278. The van der Waals surface area contributed by atoms with Gasteiger partial charge in [0.05, 0.1) is 18.9 Å². The van der Waals surface area contributed by atoms with Crippen LogP contribution in [0.4, 0.5) is 10.5 Å². The van der Waals surface area contributed by atoms with Crippen LogP contribution in [0.5, 0.6) is 17.2 Å². The quantitative estimate of drug-likeness (QED) is 0.688. The second-order valence-corrected chi connectivity index (χ2v) is 6.45. The molecule has 3 rings (SSSR count). The third kappa shape index (κ3) is 4.39. The lowest BCUT2D eigenvalue weighted by Gasteiger charge is -2.20. The van der Waals surface area contributed by atoms with Crippen LogP contribution in [0.2, 0.25) is 0 Å². The molecule has 2 amide bonds. The van der Waals surface area contributed by atoms with E-state index in [9.17, 15) is 9.90 Å². The Morgan fingerprint density at radius 1 is 1.23 bits per heavy atom. The molecule has 3 N–H and O–H groups in total. The molecule has 0 spiro atoms. The summed E-state index contributed by atoms with van der Waals surface area (Å²) in [6.45, 7) is 1.03. The first-order valence-corrected chi connectivity index (χ1v) is 8.82. The van der Waals surface area contributed by atoms with Crippen molar-refractivity contribution in [1.29, 1.82) is 0 Å². The molecule has 138 valence electrons. The second kappa shape index (κ2) is 8.29. The van der Waals surface area contributed by atoms with E-state index < -0.39 is 12.1 Å². The molecule has 1 aliphatic heterocycles. The number of anilines is 1. The number of hydrogen-bond donors (Lipinski definition) is 3. The van der Waals surface area contributed by atoms with E-state index in [0.29, 0.717) is 46.2 Å². The van der Waals surface area contributed by atoms with Crippen molar-refractivity contribution >= 4 is 27.6 Å². The van der Waals surface area contributed by atoms with E-state index in [1.54, 1.807) is 43.5 Å². The monoisotopic (exact) mass is 422 g/mol. The maximum absolute atomic E-state index is 12.1. The van der Waals surface area contributed by atoms with Crippen LogP contribution in [0.25, 0.3) is 0 Å². The summed E-state index contributed by atoms with van der Waals surface area (Å²) >= 11 is 3.39. The number of amides is 2. The lowest BCUT2D eigenvalue weighted by Crippen LogP contribution is -2.32. The van der Waals surface area contributed by atoms with Crippen molar-refractivity contribution in [2.45, 2.75) is 6.10 Å². The predicted molar refractivity (Wildman–Crippen MR) is 100 cm³/mol. The average Bonchev–Trinajstić information content (AvgIpc) is 2.66. The van der Waals surface area contributed by atoms with Crippen molar-refractivity contribution in [3.05, 3.63) is 46.4 Å². The number of aliphatic hydroxyl groups excluding tert-OH is 1. The summed E-state index contributed by atoms with van der Waals surface area (Å²) in [4.78, 5) is 12.1. The SMILES string of the molecule is COc1ccc(C(O)CNC(=O)Nc2cc3c(cc2Br)OCCO3)cc1. The first kappa shape index (κ1) is 18.3. The largest absolute Gasteiger partial charge is 0.497 e. The third-order valence-electron chi connectivity index (χ3n) is 3.84. The Hall–Kier alpha value is -2.45. The first-order valence-electron chi connectivity index (χ1n) is 8.03. The van der Waals surface area contributed by atoms with Crippen LogP contribution >= 0.6 is 15.9 Å². The molecule has 0 fully saturated rings. The highest BCUT2D eigenvalue weighted by Crippen LogP contribution is 2.38. The van der Waals surface area contributed by atoms with Gasteiger partial charge >= 0.3 is 6.03 Å². The van der Waals surface area contributed by atoms with Gasteiger partial charge in [-0.25, -0.2) is 4.79 Å². The van der Waals surface area contributed by atoms with Gasteiger partial charge in [-0.05, 0) is 33.6 Å². The molecular weight excluding hydrogens is 404 g/mol. The Bertz CT molecular complexity index is 782. The van der Waals surface area contributed by atoms with E-state index in [1.807, 2.05) is 0 Å². The molecule has 0 bridgehead atoms. The van der Waals surface area contributed by atoms with Crippen molar-refractivity contribution < 1.29 is 24.1 Å².